The number of aliphatic carboxylic acids is 1. The molecular weight excluding hydrogens is 338 g/mol. The summed E-state index contributed by atoms with van der Waals surface area (Å²) in [5.41, 5.74) is 0. The number of carboxylic acids is 1. The first-order valence-electron chi connectivity index (χ1n) is 7.07. The van der Waals surface area contributed by atoms with Crippen LogP contribution >= 0.6 is 15.9 Å². The summed E-state index contributed by atoms with van der Waals surface area (Å²) in [6, 6.07) is 7.81. The topological polar surface area (TPSA) is 59.0 Å². The minimum atomic E-state index is -0.903. The molecule has 0 aromatic heterocycles. The Balaban J connectivity index is 1.61. The highest BCUT2D eigenvalue weighted by molar-refractivity contribution is 9.10. The van der Waals surface area contributed by atoms with Crippen LogP contribution in [0.1, 0.15) is 12.8 Å². The van der Waals surface area contributed by atoms with Crippen LogP contribution in [0.3, 0.4) is 0 Å². The summed E-state index contributed by atoms with van der Waals surface area (Å²) in [7, 11) is 0. The summed E-state index contributed by atoms with van der Waals surface area (Å²) in [4.78, 5) is 12.8. The van der Waals surface area contributed by atoms with E-state index in [1.165, 1.54) is 0 Å². The molecule has 21 heavy (non-hydrogen) atoms. The Bertz CT molecular complexity index is 461. The van der Waals surface area contributed by atoms with E-state index < -0.39 is 5.97 Å². The van der Waals surface area contributed by atoms with Gasteiger partial charge in [0, 0.05) is 24.1 Å². The highest BCUT2D eigenvalue weighted by Crippen LogP contribution is 2.18. The van der Waals surface area contributed by atoms with Crippen molar-refractivity contribution < 1.29 is 19.4 Å². The van der Waals surface area contributed by atoms with Crippen LogP contribution in [0.15, 0.2) is 28.7 Å². The van der Waals surface area contributed by atoms with Crippen LogP contribution in [0.2, 0.25) is 0 Å². The first-order chi connectivity index (χ1) is 10.1. The first-order valence-corrected chi connectivity index (χ1v) is 7.87. The standard InChI is InChI=1S/C15H20BrNO4/c16-12-2-1-3-14(10-12)20-9-8-17-6-4-13(5-7-17)21-11-15(18)19/h1-3,10,13H,4-9,11H2,(H,18,19). The van der Waals surface area contributed by atoms with Gasteiger partial charge >= 0.3 is 5.97 Å². The van der Waals surface area contributed by atoms with E-state index in [-0.39, 0.29) is 12.7 Å². The normalized spacial score (nSPS) is 16.8. The van der Waals surface area contributed by atoms with Crippen LogP contribution in [-0.4, -0.2) is 54.9 Å². The van der Waals surface area contributed by atoms with Crippen LogP contribution in [0.5, 0.6) is 5.75 Å². The molecule has 0 spiro atoms. The quantitative estimate of drug-likeness (QED) is 0.811. The number of rotatable bonds is 7. The van der Waals surface area contributed by atoms with Gasteiger partial charge in [0.15, 0.2) is 0 Å². The number of ether oxygens (including phenoxy) is 2. The van der Waals surface area contributed by atoms with Crippen LogP contribution < -0.4 is 4.74 Å². The summed E-state index contributed by atoms with van der Waals surface area (Å²) in [6.45, 7) is 3.17. The molecule has 0 unspecified atom stereocenters. The fourth-order valence-electron chi connectivity index (χ4n) is 2.34. The van der Waals surface area contributed by atoms with Gasteiger partial charge < -0.3 is 14.6 Å². The second-order valence-electron chi connectivity index (χ2n) is 5.05. The molecule has 0 atom stereocenters. The van der Waals surface area contributed by atoms with Crippen LogP contribution in [0.4, 0.5) is 0 Å². The van der Waals surface area contributed by atoms with E-state index in [9.17, 15) is 4.79 Å². The summed E-state index contributed by atoms with van der Waals surface area (Å²) >= 11 is 3.42. The van der Waals surface area contributed by atoms with Gasteiger partial charge in [-0.25, -0.2) is 4.79 Å². The van der Waals surface area contributed by atoms with Crippen LogP contribution in [0, 0.1) is 0 Å². The van der Waals surface area contributed by atoms with Crippen molar-refractivity contribution in [3.63, 3.8) is 0 Å². The van der Waals surface area contributed by atoms with E-state index in [4.69, 9.17) is 14.6 Å². The zero-order chi connectivity index (χ0) is 15.1. The minimum absolute atomic E-state index is 0.0725. The molecule has 1 saturated heterocycles. The monoisotopic (exact) mass is 357 g/mol. The second kappa shape index (κ2) is 8.36. The number of carbonyl (C=O) groups is 1. The molecule has 116 valence electrons. The number of hydrogen-bond donors (Lipinski definition) is 1. The van der Waals surface area contributed by atoms with E-state index in [1.807, 2.05) is 24.3 Å². The van der Waals surface area contributed by atoms with E-state index in [0.29, 0.717) is 6.61 Å². The summed E-state index contributed by atoms with van der Waals surface area (Å²) in [5, 5.41) is 8.58. The third-order valence-corrected chi connectivity index (χ3v) is 3.94. The lowest BCUT2D eigenvalue weighted by molar-refractivity contribution is -0.145. The number of nitrogens with zero attached hydrogens (tertiary/aromatic N) is 1. The van der Waals surface area contributed by atoms with E-state index in [2.05, 4.69) is 20.8 Å². The number of piperidine rings is 1. The Kier molecular flexibility index (Phi) is 6.48. The second-order valence-corrected chi connectivity index (χ2v) is 5.97. The van der Waals surface area contributed by atoms with Crippen molar-refractivity contribution in [3.8, 4) is 5.75 Å². The zero-order valence-corrected chi connectivity index (χ0v) is 13.4. The average Bonchev–Trinajstić information content (AvgIpc) is 2.46. The zero-order valence-electron chi connectivity index (χ0n) is 11.8. The van der Waals surface area contributed by atoms with Crippen LogP contribution in [0.25, 0.3) is 0 Å². The molecule has 1 aromatic rings. The lowest BCUT2D eigenvalue weighted by Gasteiger charge is -2.31. The Labute approximate surface area is 133 Å². The lowest BCUT2D eigenvalue weighted by Crippen LogP contribution is -2.39. The number of carboxylic acid groups (broad SMARTS) is 1. The number of likely N-dealkylation sites (tertiary alicyclic amines) is 1. The molecular formula is C15H20BrNO4. The predicted molar refractivity (Wildman–Crippen MR) is 82.7 cm³/mol. The lowest BCUT2D eigenvalue weighted by atomic mass is 10.1. The predicted octanol–water partition coefficient (Wildman–Crippen LogP) is 2.39. The van der Waals surface area contributed by atoms with Crippen LogP contribution in [-0.2, 0) is 9.53 Å². The van der Waals surface area contributed by atoms with Gasteiger partial charge in [0.05, 0.1) is 6.10 Å². The fraction of sp³-hybridized carbons (Fsp3) is 0.533. The van der Waals surface area contributed by atoms with Gasteiger partial charge in [-0.2, -0.15) is 0 Å². The highest BCUT2D eigenvalue weighted by atomic mass is 79.9. The molecule has 1 N–H and O–H groups in total. The minimum Gasteiger partial charge on any atom is -0.492 e. The molecule has 6 heteroatoms. The maximum Gasteiger partial charge on any atom is 0.329 e. The van der Waals surface area contributed by atoms with Crippen molar-refractivity contribution in [1.29, 1.82) is 0 Å². The van der Waals surface area contributed by atoms with E-state index >= 15 is 0 Å². The molecule has 1 aliphatic heterocycles. The van der Waals surface area contributed by atoms with Crippen molar-refractivity contribution in [2.75, 3.05) is 32.8 Å². The maximum absolute atomic E-state index is 10.5. The van der Waals surface area contributed by atoms with Crippen molar-refractivity contribution >= 4 is 21.9 Å². The molecule has 0 radical (unpaired) electrons. The Morgan fingerprint density at radius 3 is 2.81 bits per heavy atom. The molecule has 1 heterocycles. The number of hydrogen-bond acceptors (Lipinski definition) is 4. The summed E-state index contributed by atoms with van der Waals surface area (Å²) in [5.74, 6) is -0.0381. The smallest absolute Gasteiger partial charge is 0.329 e. The Morgan fingerprint density at radius 1 is 1.38 bits per heavy atom. The molecule has 0 aliphatic carbocycles. The molecule has 1 aliphatic rings. The van der Waals surface area contributed by atoms with Gasteiger partial charge in [0.2, 0.25) is 0 Å². The molecule has 5 nitrogen and oxygen atoms in total. The summed E-state index contributed by atoms with van der Waals surface area (Å²) < 4.78 is 12.0. The third-order valence-electron chi connectivity index (χ3n) is 3.45. The van der Waals surface area contributed by atoms with Gasteiger partial charge in [-0.05, 0) is 31.0 Å². The SMILES string of the molecule is O=C(O)COC1CCN(CCOc2cccc(Br)c2)CC1. The molecule has 0 saturated carbocycles. The largest absolute Gasteiger partial charge is 0.492 e. The van der Waals surface area contributed by atoms with Gasteiger partial charge in [0.1, 0.15) is 19.0 Å². The Hall–Kier alpha value is -1.11. The number of benzene rings is 1. The van der Waals surface area contributed by atoms with Crippen molar-refractivity contribution in [2.45, 2.75) is 18.9 Å². The molecule has 0 amide bonds. The van der Waals surface area contributed by atoms with Gasteiger partial charge in [-0.3, -0.25) is 4.90 Å². The summed E-state index contributed by atoms with van der Waals surface area (Å²) in [6.07, 6.45) is 1.83. The molecule has 1 aromatic carbocycles. The highest BCUT2D eigenvalue weighted by Gasteiger charge is 2.20. The number of halogens is 1. The van der Waals surface area contributed by atoms with Crippen molar-refractivity contribution in [3.05, 3.63) is 28.7 Å². The van der Waals surface area contributed by atoms with E-state index in [0.717, 1.165) is 42.7 Å². The molecule has 2 rings (SSSR count). The van der Waals surface area contributed by atoms with E-state index in [1.54, 1.807) is 0 Å². The first kappa shape index (κ1) is 16.3. The Morgan fingerprint density at radius 2 is 2.14 bits per heavy atom. The molecule has 0 bridgehead atoms. The fourth-order valence-corrected chi connectivity index (χ4v) is 2.72. The van der Waals surface area contributed by atoms with Gasteiger partial charge in [-0.15, -0.1) is 0 Å². The van der Waals surface area contributed by atoms with Gasteiger partial charge in [0.25, 0.3) is 0 Å². The van der Waals surface area contributed by atoms with Crippen molar-refractivity contribution in [2.24, 2.45) is 0 Å². The molecule has 1 fully saturated rings. The maximum atomic E-state index is 10.5. The van der Waals surface area contributed by atoms with Gasteiger partial charge in [-0.1, -0.05) is 22.0 Å². The average molecular weight is 358 g/mol. The third kappa shape index (κ3) is 6.03. The van der Waals surface area contributed by atoms with Crippen molar-refractivity contribution in [1.82, 2.24) is 4.90 Å².